The molecule has 144 valence electrons. The molecule has 1 aliphatic heterocycles. The largest absolute Gasteiger partial charge is 0.384 e. The van der Waals surface area contributed by atoms with Crippen molar-refractivity contribution in [1.82, 2.24) is 15.1 Å². The van der Waals surface area contributed by atoms with Crippen LogP contribution in [0.25, 0.3) is 0 Å². The molecule has 6 heteroatoms. The number of amides is 1. The standard InChI is InChI=1S/C21H27N3O3/c1-13-9-14(2)24(23-13)11-15-5-4-6-16(10-15)21(25)22-19-17-7-8-27-20(17)18(19)12-26-3/h4-6,9-10,17-20H,7-8,11-12H2,1-3H3,(H,22,25). The Kier molecular flexibility index (Phi) is 5.02. The number of ether oxygens (including phenoxy) is 2. The Morgan fingerprint density at radius 1 is 1.37 bits per heavy atom. The van der Waals surface area contributed by atoms with Crippen molar-refractivity contribution in [3.63, 3.8) is 0 Å². The van der Waals surface area contributed by atoms with E-state index in [0.29, 0.717) is 24.6 Å². The molecule has 1 amide bonds. The number of hydrogen-bond acceptors (Lipinski definition) is 4. The topological polar surface area (TPSA) is 65.4 Å². The molecule has 4 unspecified atom stereocenters. The molecule has 4 atom stereocenters. The molecule has 2 aromatic rings. The fourth-order valence-electron chi connectivity index (χ4n) is 4.49. The third-order valence-electron chi connectivity index (χ3n) is 5.81. The van der Waals surface area contributed by atoms with Crippen molar-refractivity contribution in [1.29, 1.82) is 0 Å². The summed E-state index contributed by atoms with van der Waals surface area (Å²) in [4.78, 5) is 12.8. The number of rotatable bonds is 6. The van der Waals surface area contributed by atoms with Crippen molar-refractivity contribution >= 4 is 5.91 Å². The maximum Gasteiger partial charge on any atom is 0.251 e. The van der Waals surface area contributed by atoms with E-state index in [1.807, 2.05) is 42.8 Å². The highest BCUT2D eigenvalue weighted by Gasteiger charge is 2.54. The lowest BCUT2D eigenvalue weighted by molar-refractivity contribution is -0.0809. The van der Waals surface area contributed by atoms with Gasteiger partial charge in [-0.25, -0.2) is 0 Å². The lowest BCUT2D eigenvalue weighted by Crippen LogP contribution is -2.62. The summed E-state index contributed by atoms with van der Waals surface area (Å²) in [5.74, 6) is 0.623. The van der Waals surface area contributed by atoms with Crippen molar-refractivity contribution in [3.8, 4) is 0 Å². The molecule has 2 fully saturated rings. The molecule has 1 saturated carbocycles. The van der Waals surface area contributed by atoms with Gasteiger partial charge in [0.2, 0.25) is 0 Å². The van der Waals surface area contributed by atoms with E-state index >= 15 is 0 Å². The molecule has 2 heterocycles. The van der Waals surface area contributed by atoms with Gasteiger partial charge in [-0.15, -0.1) is 0 Å². The van der Waals surface area contributed by atoms with Gasteiger partial charge in [0.25, 0.3) is 5.91 Å². The minimum atomic E-state index is -0.0262. The van der Waals surface area contributed by atoms with Crippen molar-refractivity contribution < 1.29 is 14.3 Å². The molecular formula is C21H27N3O3. The number of nitrogens with one attached hydrogen (secondary N) is 1. The van der Waals surface area contributed by atoms with Gasteiger partial charge in [-0.1, -0.05) is 12.1 Å². The van der Waals surface area contributed by atoms with E-state index in [9.17, 15) is 4.79 Å². The minimum Gasteiger partial charge on any atom is -0.384 e. The number of aromatic nitrogens is 2. The van der Waals surface area contributed by atoms with Crippen LogP contribution in [0, 0.1) is 25.7 Å². The Morgan fingerprint density at radius 3 is 2.96 bits per heavy atom. The smallest absolute Gasteiger partial charge is 0.251 e. The molecule has 0 radical (unpaired) electrons. The lowest BCUT2D eigenvalue weighted by Gasteiger charge is -2.47. The summed E-state index contributed by atoms with van der Waals surface area (Å²) in [6.45, 7) is 6.09. The fourth-order valence-corrected chi connectivity index (χ4v) is 4.49. The van der Waals surface area contributed by atoms with Gasteiger partial charge in [-0.3, -0.25) is 9.48 Å². The summed E-state index contributed by atoms with van der Waals surface area (Å²) < 4.78 is 13.1. The molecule has 1 saturated heterocycles. The first-order valence-corrected chi connectivity index (χ1v) is 9.58. The monoisotopic (exact) mass is 369 g/mol. The number of methoxy groups -OCH3 is 1. The van der Waals surface area contributed by atoms with Crippen molar-refractivity contribution in [2.24, 2.45) is 11.8 Å². The average Bonchev–Trinajstić information content (AvgIpc) is 3.21. The van der Waals surface area contributed by atoms with Crippen LogP contribution in [0.3, 0.4) is 0 Å². The molecule has 1 N–H and O–H groups in total. The summed E-state index contributed by atoms with van der Waals surface area (Å²) in [6, 6.07) is 9.98. The van der Waals surface area contributed by atoms with Crippen LogP contribution in [-0.4, -0.2) is 48.2 Å². The van der Waals surface area contributed by atoms with Gasteiger partial charge >= 0.3 is 0 Å². The fraction of sp³-hybridized carbons (Fsp3) is 0.524. The SMILES string of the molecule is COCC1C(NC(=O)c2cccc(Cn3nc(C)cc3C)c2)C2CCOC21. The van der Waals surface area contributed by atoms with Crippen LogP contribution in [0.4, 0.5) is 0 Å². The van der Waals surface area contributed by atoms with Crippen molar-refractivity contribution in [2.45, 2.75) is 39.0 Å². The number of hydrogen-bond donors (Lipinski definition) is 1. The first-order valence-electron chi connectivity index (χ1n) is 9.58. The Bertz CT molecular complexity index is 832. The summed E-state index contributed by atoms with van der Waals surface area (Å²) in [5.41, 5.74) is 3.88. The summed E-state index contributed by atoms with van der Waals surface area (Å²) in [7, 11) is 1.70. The molecule has 0 spiro atoms. The van der Waals surface area contributed by atoms with Gasteiger partial charge in [0, 0.05) is 42.9 Å². The second kappa shape index (κ2) is 7.44. The minimum absolute atomic E-state index is 0.0262. The van der Waals surface area contributed by atoms with E-state index in [2.05, 4.69) is 16.5 Å². The Balaban J connectivity index is 1.45. The van der Waals surface area contributed by atoms with E-state index in [1.165, 1.54) is 0 Å². The van der Waals surface area contributed by atoms with Gasteiger partial charge in [0.1, 0.15) is 0 Å². The number of fused-ring (bicyclic) bond motifs is 1. The third-order valence-corrected chi connectivity index (χ3v) is 5.81. The highest BCUT2D eigenvalue weighted by atomic mass is 16.5. The van der Waals surface area contributed by atoms with Gasteiger partial charge in [0.05, 0.1) is 24.9 Å². The zero-order valence-electron chi connectivity index (χ0n) is 16.1. The predicted molar refractivity (Wildman–Crippen MR) is 102 cm³/mol. The van der Waals surface area contributed by atoms with Crippen LogP contribution in [0.2, 0.25) is 0 Å². The number of benzene rings is 1. The quantitative estimate of drug-likeness (QED) is 0.849. The number of carbonyl (C=O) groups excluding carboxylic acids is 1. The van der Waals surface area contributed by atoms with Crippen LogP contribution in [0.5, 0.6) is 0 Å². The molecule has 0 bridgehead atoms. The van der Waals surface area contributed by atoms with E-state index in [1.54, 1.807) is 7.11 Å². The summed E-state index contributed by atoms with van der Waals surface area (Å²) in [6.07, 6.45) is 1.24. The van der Waals surface area contributed by atoms with Crippen LogP contribution < -0.4 is 5.32 Å². The Labute approximate surface area is 159 Å². The average molecular weight is 369 g/mol. The normalized spacial score (nSPS) is 26.5. The third kappa shape index (κ3) is 3.51. The highest BCUT2D eigenvalue weighted by Crippen LogP contribution is 2.43. The summed E-state index contributed by atoms with van der Waals surface area (Å²) >= 11 is 0. The molecule has 1 aromatic heterocycles. The number of aryl methyl sites for hydroxylation is 2. The molecule has 2 aliphatic rings. The zero-order chi connectivity index (χ0) is 19.0. The molecule has 4 rings (SSSR count). The van der Waals surface area contributed by atoms with E-state index in [-0.39, 0.29) is 24.0 Å². The Hall–Kier alpha value is -2.18. The lowest BCUT2D eigenvalue weighted by atomic mass is 9.67. The van der Waals surface area contributed by atoms with Gasteiger partial charge < -0.3 is 14.8 Å². The second-order valence-electron chi connectivity index (χ2n) is 7.69. The van der Waals surface area contributed by atoms with Crippen LogP contribution in [-0.2, 0) is 16.0 Å². The van der Waals surface area contributed by atoms with E-state index in [0.717, 1.165) is 30.0 Å². The van der Waals surface area contributed by atoms with Gasteiger partial charge in [-0.05, 0) is 44.0 Å². The first-order chi connectivity index (χ1) is 13.1. The molecule has 6 nitrogen and oxygen atoms in total. The predicted octanol–water partition coefficient (Wildman–Crippen LogP) is 2.33. The maximum absolute atomic E-state index is 12.8. The highest BCUT2D eigenvalue weighted by molar-refractivity contribution is 5.94. The molecule has 1 aromatic carbocycles. The molecule has 27 heavy (non-hydrogen) atoms. The maximum atomic E-state index is 12.8. The summed E-state index contributed by atoms with van der Waals surface area (Å²) in [5, 5.41) is 7.73. The van der Waals surface area contributed by atoms with Gasteiger partial charge in [0.15, 0.2) is 0 Å². The first kappa shape index (κ1) is 18.2. The number of carbonyl (C=O) groups is 1. The van der Waals surface area contributed by atoms with Crippen molar-refractivity contribution in [3.05, 3.63) is 52.8 Å². The zero-order valence-corrected chi connectivity index (χ0v) is 16.1. The second-order valence-corrected chi connectivity index (χ2v) is 7.69. The van der Waals surface area contributed by atoms with E-state index < -0.39 is 0 Å². The Morgan fingerprint density at radius 2 is 2.22 bits per heavy atom. The van der Waals surface area contributed by atoms with Crippen molar-refractivity contribution in [2.75, 3.05) is 20.3 Å². The van der Waals surface area contributed by atoms with Gasteiger partial charge in [-0.2, -0.15) is 5.10 Å². The molecule has 1 aliphatic carbocycles. The molecular weight excluding hydrogens is 342 g/mol. The van der Waals surface area contributed by atoms with Crippen LogP contribution in [0.15, 0.2) is 30.3 Å². The van der Waals surface area contributed by atoms with Crippen LogP contribution >= 0.6 is 0 Å². The van der Waals surface area contributed by atoms with Crippen LogP contribution in [0.1, 0.15) is 33.7 Å². The van der Waals surface area contributed by atoms with E-state index in [4.69, 9.17) is 9.47 Å². The number of nitrogens with zero attached hydrogens (tertiary/aromatic N) is 2.